The molecule has 0 fully saturated rings. The molecular formula is C27H23Cl2N3O3. The highest BCUT2D eigenvalue weighted by molar-refractivity contribution is 6.53. The first-order valence-electron chi connectivity index (χ1n) is 11.0. The van der Waals surface area contributed by atoms with Crippen molar-refractivity contribution in [2.24, 2.45) is 0 Å². The highest BCUT2D eigenvalue weighted by Gasteiger charge is 2.39. The van der Waals surface area contributed by atoms with Gasteiger partial charge in [-0.2, -0.15) is 0 Å². The zero-order valence-corrected chi connectivity index (χ0v) is 20.9. The minimum atomic E-state index is -0.650. The zero-order valence-electron chi connectivity index (χ0n) is 19.4. The third kappa shape index (κ3) is 4.81. The summed E-state index contributed by atoms with van der Waals surface area (Å²) >= 11 is 12.4. The first kappa shape index (κ1) is 24.5. The van der Waals surface area contributed by atoms with E-state index in [0.717, 1.165) is 21.7 Å². The van der Waals surface area contributed by atoms with E-state index in [9.17, 15) is 14.4 Å². The highest BCUT2D eigenvalue weighted by Crippen LogP contribution is 2.32. The summed E-state index contributed by atoms with van der Waals surface area (Å²) in [6.45, 7) is 6.18. The lowest BCUT2D eigenvalue weighted by Crippen LogP contribution is -2.32. The quantitative estimate of drug-likeness (QED) is 0.411. The van der Waals surface area contributed by atoms with E-state index in [1.54, 1.807) is 47.4 Å². The average molecular weight is 508 g/mol. The lowest BCUT2D eigenvalue weighted by atomic mass is 10.1. The van der Waals surface area contributed by atoms with Crippen molar-refractivity contribution < 1.29 is 14.4 Å². The fourth-order valence-electron chi connectivity index (χ4n) is 3.84. The predicted molar refractivity (Wildman–Crippen MR) is 140 cm³/mol. The van der Waals surface area contributed by atoms with Crippen LogP contribution in [0.5, 0.6) is 0 Å². The van der Waals surface area contributed by atoms with Crippen molar-refractivity contribution in [1.29, 1.82) is 0 Å². The number of imide groups is 1. The molecule has 1 heterocycles. The van der Waals surface area contributed by atoms with Crippen LogP contribution in [0.3, 0.4) is 0 Å². The Morgan fingerprint density at radius 2 is 1.69 bits per heavy atom. The van der Waals surface area contributed by atoms with Gasteiger partial charge in [-0.3, -0.25) is 14.4 Å². The molecule has 4 rings (SSSR count). The van der Waals surface area contributed by atoms with E-state index in [4.69, 9.17) is 23.2 Å². The summed E-state index contributed by atoms with van der Waals surface area (Å²) < 4.78 is 0. The fourth-order valence-corrected chi connectivity index (χ4v) is 4.22. The van der Waals surface area contributed by atoms with Crippen LogP contribution >= 0.6 is 23.2 Å². The molecule has 3 aromatic carbocycles. The number of amides is 3. The highest BCUT2D eigenvalue weighted by atomic mass is 35.5. The number of aryl methyl sites for hydroxylation is 2. The number of nitrogens with zero attached hydrogens (tertiary/aromatic N) is 2. The van der Waals surface area contributed by atoms with Gasteiger partial charge in [-0.15, -0.1) is 0 Å². The van der Waals surface area contributed by atoms with Crippen LogP contribution in [0, 0.1) is 13.8 Å². The SMILES string of the molecule is CCN(C(=O)c1cccc(NC2=C(Cl)C(=O)N(c3ccc(C)c(Cl)c3)C2=O)c1)c1cccc(C)c1. The van der Waals surface area contributed by atoms with Crippen molar-refractivity contribution in [2.45, 2.75) is 20.8 Å². The molecule has 35 heavy (non-hydrogen) atoms. The Morgan fingerprint density at radius 3 is 2.37 bits per heavy atom. The normalized spacial score (nSPS) is 13.5. The summed E-state index contributed by atoms with van der Waals surface area (Å²) in [4.78, 5) is 41.8. The standard InChI is InChI=1S/C27H23Cl2N3O3/c1-4-31(20-10-5-7-16(2)13-20)25(33)18-8-6-9-19(14-18)30-24-23(29)26(34)32(27(24)35)21-12-11-17(3)22(28)15-21/h5-15,30H,4H2,1-3H3. The molecule has 1 aliphatic rings. The van der Waals surface area contributed by atoms with E-state index in [2.05, 4.69) is 5.32 Å². The second kappa shape index (κ2) is 9.94. The molecule has 0 spiro atoms. The van der Waals surface area contributed by atoms with Gasteiger partial charge in [0, 0.05) is 28.5 Å². The molecule has 8 heteroatoms. The van der Waals surface area contributed by atoms with Crippen molar-refractivity contribution in [3.63, 3.8) is 0 Å². The molecule has 0 saturated carbocycles. The summed E-state index contributed by atoms with van der Waals surface area (Å²) in [5.41, 5.74) is 3.80. The molecule has 6 nitrogen and oxygen atoms in total. The molecule has 0 aliphatic carbocycles. The van der Waals surface area contributed by atoms with E-state index in [1.165, 1.54) is 0 Å². The van der Waals surface area contributed by atoms with E-state index in [0.29, 0.717) is 28.5 Å². The second-order valence-electron chi connectivity index (χ2n) is 8.16. The van der Waals surface area contributed by atoms with Crippen LogP contribution in [0.25, 0.3) is 0 Å². The Hall–Kier alpha value is -3.61. The van der Waals surface area contributed by atoms with Crippen molar-refractivity contribution >= 4 is 58.0 Å². The Morgan fingerprint density at radius 1 is 0.943 bits per heavy atom. The maximum atomic E-state index is 13.3. The Bertz CT molecular complexity index is 1380. The Kier molecular flexibility index (Phi) is 6.96. The van der Waals surface area contributed by atoms with Gasteiger partial charge >= 0.3 is 0 Å². The maximum absolute atomic E-state index is 13.3. The molecule has 0 saturated heterocycles. The first-order valence-corrected chi connectivity index (χ1v) is 11.8. The van der Waals surface area contributed by atoms with Gasteiger partial charge in [-0.05, 0) is 74.4 Å². The van der Waals surface area contributed by atoms with Crippen molar-refractivity contribution in [3.05, 3.63) is 99.2 Å². The van der Waals surface area contributed by atoms with Gasteiger partial charge in [-0.25, -0.2) is 4.90 Å². The van der Waals surface area contributed by atoms with Gasteiger partial charge in [0.1, 0.15) is 10.7 Å². The van der Waals surface area contributed by atoms with Gasteiger partial charge in [0.2, 0.25) is 0 Å². The van der Waals surface area contributed by atoms with Crippen molar-refractivity contribution in [3.8, 4) is 0 Å². The van der Waals surface area contributed by atoms with Crippen LogP contribution in [0.1, 0.15) is 28.4 Å². The second-order valence-corrected chi connectivity index (χ2v) is 8.95. The number of carbonyl (C=O) groups excluding carboxylic acids is 3. The van der Waals surface area contributed by atoms with E-state index >= 15 is 0 Å². The van der Waals surface area contributed by atoms with Gasteiger partial charge in [0.25, 0.3) is 17.7 Å². The lowest BCUT2D eigenvalue weighted by Gasteiger charge is -2.22. The largest absolute Gasteiger partial charge is 0.350 e. The third-order valence-corrected chi connectivity index (χ3v) is 6.45. The number of rotatable bonds is 6. The van der Waals surface area contributed by atoms with Gasteiger partial charge in [-0.1, -0.05) is 47.5 Å². The molecule has 0 radical (unpaired) electrons. The number of nitrogens with one attached hydrogen (secondary N) is 1. The molecule has 3 amide bonds. The smallest absolute Gasteiger partial charge is 0.283 e. The molecule has 1 aliphatic heterocycles. The summed E-state index contributed by atoms with van der Waals surface area (Å²) in [5, 5.41) is 3.12. The monoisotopic (exact) mass is 507 g/mol. The van der Waals surface area contributed by atoms with Crippen LogP contribution < -0.4 is 15.1 Å². The van der Waals surface area contributed by atoms with Gasteiger partial charge in [0.05, 0.1) is 5.69 Å². The maximum Gasteiger partial charge on any atom is 0.283 e. The lowest BCUT2D eigenvalue weighted by molar-refractivity contribution is -0.120. The van der Waals surface area contributed by atoms with Gasteiger partial charge < -0.3 is 10.2 Å². The molecule has 0 aromatic heterocycles. The molecule has 3 aromatic rings. The summed E-state index contributed by atoms with van der Waals surface area (Å²) in [5.74, 6) is -1.44. The third-order valence-electron chi connectivity index (χ3n) is 5.69. The first-order chi connectivity index (χ1) is 16.7. The van der Waals surface area contributed by atoms with Crippen LogP contribution in [-0.4, -0.2) is 24.3 Å². The zero-order chi connectivity index (χ0) is 25.3. The molecule has 0 atom stereocenters. The molecule has 1 N–H and O–H groups in total. The number of benzene rings is 3. The van der Waals surface area contributed by atoms with Crippen molar-refractivity contribution in [1.82, 2.24) is 0 Å². The number of hydrogen-bond acceptors (Lipinski definition) is 4. The Labute approximate surface area is 213 Å². The van der Waals surface area contributed by atoms with Crippen LogP contribution in [0.4, 0.5) is 17.1 Å². The van der Waals surface area contributed by atoms with E-state index in [-0.39, 0.29) is 16.6 Å². The summed E-state index contributed by atoms with van der Waals surface area (Å²) in [7, 11) is 0. The average Bonchev–Trinajstić information content (AvgIpc) is 3.04. The molecular weight excluding hydrogens is 485 g/mol. The fraction of sp³-hybridized carbons (Fsp3) is 0.148. The predicted octanol–water partition coefficient (Wildman–Crippen LogP) is 6.06. The summed E-state index contributed by atoms with van der Waals surface area (Å²) in [6, 6.07) is 19.3. The number of halogens is 2. The number of carbonyl (C=O) groups is 3. The Balaban J connectivity index is 1.59. The molecule has 0 unspecified atom stereocenters. The minimum absolute atomic E-state index is 0.0657. The minimum Gasteiger partial charge on any atom is -0.350 e. The number of hydrogen-bond donors (Lipinski definition) is 1. The van der Waals surface area contributed by atoms with Crippen LogP contribution in [-0.2, 0) is 9.59 Å². The molecule has 0 bridgehead atoms. The van der Waals surface area contributed by atoms with E-state index < -0.39 is 11.8 Å². The molecule has 178 valence electrons. The van der Waals surface area contributed by atoms with Crippen LogP contribution in [0.2, 0.25) is 5.02 Å². The van der Waals surface area contributed by atoms with Crippen LogP contribution in [0.15, 0.2) is 77.5 Å². The van der Waals surface area contributed by atoms with Crippen molar-refractivity contribution in [2.75, 3.05) is 21.7 Å². The summed E-state index contributed by atoms with van der Waals surface area (Å²) in [6.07, 6.45) is 0. The van der Waals surface area contributed by atoms with Gasteiger partial charge in [0.15, 0.2) is 0 Å². The number of anilines is 3. The van der Waals surface area contributed by atoms with E-state index in [1.807, 2.05) is 45.0 Å². The topological polar surface area (TPSA) is 69.7 Å².